The van der Waals surface area contributed by atoms with E-state index in [9.17, 15) is 0 Å². The van der Waals surface area contributed by atoms with Crippen molar-refractivity contribution in [2.45, 2.75) is 38.1 Å². The Morgan fingerprint density at radius 3 is 2.09 bits per heavy atom. The highest BCUT2D eigenvalue weighted by Gasteiger charge is 2.41. The van der Waals surface area contributed by atoms with Crippen molar-refractivity contribution in [3.8, 4) is 0 Å². The number of rotatable bonds is 0. The first-order valence-corrected chi connectivity index (χ1v) is 5.23. The van der Waals surface area contributed by atoms with Crippen molar-refractivity contribution in [3.63, 3.8) is 0 Å². The third kappa shape index (κ3) is 1.01. The predicted octanol–water partition coefficient (Wildman–Crippen LogP) is 0.758. The predicted molar refractivity (Wildman–Crippen MR) is 44.1 cm³/mol. The molecule has 0 aromatic carbocycles. The summed E-state index contributed by atoms with van der Waals surface area (Å²) in [4.78, 5) is 0. The molecule has 11 heavy (non-hydrogen) atoms. The molecule has 1 heteroatoms. The van der Waals surface area contributed by atoms with Gasteiger partial charge in [0.05, 0.1) is 12.6 Å². The maximum absolute atomic E-state index is 2.64. The van der Waals surface area contributed by atoms with Gasteiger partial charge in [-0.2, -0.15) is 0 Å². The fourth-order valence-corrected chi connectivity index (χ4v) is 3.81. The van der Waals surface area contributed by atoms with E-state index in [1.54, 1.807) is 32.1 Å². The standard InChI is InChI=1S/C10H17N/c1-7-2-9-3-8(1)5-10(4-7)11-6-9/h7-11H,1-6H2/p+1/t7-,8+,9?,10?. The van der Waals surface area contributed by atoms with E-state index in [0.717, 1.165) is 23.8 Å². The Hall–Kier alpha value is -0.0400. The lowest BCUT2D eigenvalue weighted by Gasteiger charge is -2.35. The molecule has 1 nitrogen and oxygen atoms in total. The Kier molecular flexibility index (Phi) is 1.31. The van der Waals surface area contributed by atoms with Crippen molar-refractivity contribution in [1.29, 1.82) is 0 Å². The zero-order valence-corrected chi connectivity index (χ0v) is 7.13. The van der Waals surface area contributed by atoms with E-state index in [1.165, 1.54) is 6.54 Å². The molecule has 2 heterocycles. The second-order valence-electron chi connectivity index (χ2n) is 5.01. The minimum Gasteiger partial charge on any atom is -0.344 e. The van der Waals surface area contributed by atoms with E-state index in [0.29, 0.717) is 0 Å². The van der Waals surface area contributed by atoms with Crippen molar-refractivity contribution in [3.05, 3.63) is 0 Å². The van der Waals surface area contributed by atoms with Crippen molar-refractivity contribution in [2.24, 2.45) is 17.8 Å². The van der Waals surface area contributed by atoms with Gasteiger partial charge >= 0.3 is 0 Å². The Labute approximate surface area is 68.6 Å². The minimum atomic E-state index is 1.03. The van der Waals surface area contributed by atoms with Crippen LogP contribution in [0.5, 0.6) is 0 Å². The minimum absolute atomic E-state index is 1.03. The largest absolute Gasteiger partial charge is 0.344 e. The SMILES string of the molecule is C1[NH2+]C2C[C@H]3CC1C[C@@H](C2)C3. The Morgan fingerprint density at radius 2 is 1.36 bits per heavy atom. The van der Waals surface area contributed by atoms with Crippen molar-refractivity contribution in [2.75, 3.05) is 6.54 Å². The summed E-state index contributed by atoms with van der Waals surface area (Å²) in [5.74, 6) is 3.37. The van der Waals surface area contributed by atoms with Crippen LogP contribution in [-0.4, -0.2) is 12.6 Å². The average molecular weight is 152 g/mol. The first-order chi connectivity index (χ1) is 5.40. The van der Waals surface area contributed by atoms with Gasteiger partial charge in [0.15, 0.2) is 0 Å². The van der Waals surface area contributed by atoms with Crippen LogP contribution >= 0.6 is 0 Å². The van der Waals surface area contributed by atoms with Crippen LogP contribution in [0.3, 0.4) is 0 Å². The number of nitrogens with two attached hydrogens (primary N) is 1. The van der Waals surface area contributed by atoms with E-state index in [4.69, 9.17) is 0 Å². The number of fused-ring (bicyclic) bond motifs is 1. The molecule has 4 bridgehead atoms. The van der Waals surface area contributed by atoms with Gasteiger partial charge in [-0.3, -0.25) is 0 Å². The number of quaternary nitrogens is 1. The molecule has 4 fully saturated rings. The molecule has 2 N–H and O–H groups in total. The quantitative estimate of drug-likeness (QED) is 0.528. The lowest BCUT2D eigenvalue weighted by atomic mass is 9.68. The molecule has 2 aliphatic carbocycles. The van der Waals surface area contributed by atoms with Crippen LogP contribution in [-0.2, 0) is 0 Å². The first-order valence-electron chi connectivity index (χ1n) is 5.23. The summed E-state index contributed by atoms with van der Waals surface area (Å²) in [7, 11) is 0. The monoisotopic (exact) mass is 152 g/mol. The van der Waals surface area contributed by atoms with Crippen molar-refractivity contribution < 1.29 is 5.32 Å². The lowest BCUT2D eigenvalue weighted by molar-refractivity contribution is -0.691. The highest BCUT2D eigenvalue weighted by Crippen LogP contribution is 2.42. The van der Waals surface area contributed by atoms with Crippen LogP contribution in [0.1, 0.15) is 32.1 Å². The molecule has 2 aliphatic heterocycles. The third-order valence-electron chi connectivity index (χ3n) is 4.07. The molecule has 0 spiro atoms. The lowest BCUT2D eigenvalue weighted by Crippen LogP contribution is -2.90. The van der Waals surface area contributed by atoms with Gasteiger partial charge in [-0.25, -0.2) is 0 Å². The van der Waals surface area contributed by atoms with Gasteiger partial charge in [-0.1, -0.05) is 0 Å². The molecule has 0 aromatic heterocycles. The molecule has 2 saturated carbocycles. The molecular formula is C10H18N+. The topological polar surface area (TPSA) is 16.6 Å². The van der Waals surface area contributed by atoms with Crippen molar-refractivity contribution in [1.82, 2.24) is 0 Å². The normalized spacial score (nSPS) is 54.5. The summed E-state index contributed by atoms with van der Waals surface area (Å²) in [5.41, 5.74) is 0. The van der Waals surface area contributed by atoms with Gasteiger partial charge < -0.3 is 5.32 Å². The molecule has 0 aromatic rings. The maximum atomic E-state index is 2.64. The second-order valence-corrected chi connectivity index (χ2v) is 5.01. The highest BCUT2D eigenvalue weighted by molar-refractivity contribution is 4.88. The molecule has 4 atom stereocenters. The Balaban J connectivity index is 1.90. The van der Waals surface area contributed by atoms with Crippen molar-refractivity contribution >= 4 is 0 Å². The van der Waals surface area contributed by atoms with Crippen LogP contribution in [0.2, 0.25) is 0 Å². The molecule has 2 saturated heterocycles. The summed E-state index contributed by atoms with van der Waals surface area (Å²) in [6, 6.07) is 1.03. The van der Waals surface area contributed by atoms with Gasteiger partial charge in [0.25, 0.3) is 0 Å². The summed E-state index contributed by atoms with van der Waals surface area (Å²) >= 11 is 0. The van der Waals surface area contributed by atoms with Crippen LogP contribution < -0.4 is 5.32 Å². The molecule has 4 aliphatic rings. The zero-order chi connectivity index (χ0) is 7.26. The second kappa shape index (κ2) is 2.22. The van der Waals surface area contributed by atoms with Crippen LogP contribution in [0.25, 0.3) is 0 Å². The Bertz CT molecular complexity index is 132. The van der Waals surface area contributed by atoms with E-state index >= 15 is 0 Å². The van der Waals surface area contributed by atoms with Gasteiger partial charge in [0.2, 0.25) is 0 Å². The van der Waals surface area contributed by atoms with E-state index in [-0.39, 0.29) is 0 Å². The zero-order valence-electron chi connectivity index (χ0n) is 7.13. The van der Waals surface area contributed by atoms with E-state index < -0.39 is 0 Å². The smallest absolute Gasteiger partial charge is 0.0864 e. The summed E-state index contributed by atoms with van der Waals surface area (Å²) in [6.45, 7) is 1.46. The summed E-state index contributed by atoms with van der Waals surface area (Å²) in [6.07, 6.45) is 7.83. The molecule has 0 radical (unpaired) electrons. The maximum Gasteiger partial charge on any atom is 0.0864 e. The molecule has 62 valence electrons. The van der Waals surface area contributed by atoms with Gasteiger partial charge in [-0.15, -0.1) is 0 Å². The van der Waals surface area contributed by atoms with Gasteiger partial charge in [0.1, 0.15) is 0 Å². The number of hydrogen-bond acceptors (Lipinski definition) is 0. The third-order valence-corrected chi connectivity index (χ3v) is 4.07. The van der Waals surface area contributed by atoms with Crippen LogP contribution in [0, 0.1) is 17.8 Å². The fourth-order valence-electron chi connectivity index (χ4n) is 3.81. The van der Waals surface area contributed by atoms with E-state index in [1.807, 2.05) is 0 Å². The van der Waals surface area contributed by atoms with Gasteiger partial charge in [0, 0.05) is 18.8 Å². The first kappa shape index (κ1) is 6.47. The fraction of sp³-hybridized carbons (Fsp3) is 1.00. The molecule has 0 amide bonds. The van der Waals surface area contributed by atoms with Crippen LogP contribution in [0.4, 0.5) is 0 Å². The van der Waals surface area contributed by atoms with Crippen LogP contribution in [0.15, 0.2) is 0 Å². The summed E-state index contributed by atoms with van der Waals surface area (Å²) in [5, 5.41) is 2.64. The average Bonchev–Trinajstić information content (AvgIpc) is 2.18. The van der Waals surface area contributed by atoms with E-state index in [2.05, 4.69) is 5.32 Å². The Morgan fingerprint density at radius 1 is 0.727 bits per heavy atom. The molecule has 4 rings (SSSR count). The summed E-state index contributed by atoms with van der Waals surface area (Å²) < 4.78 is 0. The molecule has 2 unspecified atom stereocenters. The number of hydrogen-bond donors (Lipinski definition) is 1. The van der Waals surface area contributed by atoms with Gasteiger partial charge in [-0.05, 0) is 31.1 Å². The highest BCUT2D eigenvalue weighted by atomic mass is 14.9. The molecular weight excluding hydrogens is 134 g/mol.